The molecule has 136 valence electrons. The smallest absolute Gasteiger partial charge is 0.247 e. The van der Waals surface area contributed by atoms with Gasteiger partial charge in [-0.25, -0.2) is 0 Å². The average molecular weight is 359 g/mol. The third-order valence-corrected chi connectivity index (χ3v) is 4.93. The van der Waals surface area contributed by atoms with Crippen molar-refractivity contribution in [3.8, 4) is 0 Å². The molecule has 1 aromatic heterocycles. The Morgan fingerprint density at radius 3 is 2.70 bits per heavy atom. The van der Waals surface area contributed by atoms with Gasteiger partial charge < -0.3 is 10.2 Å². The molecular formula is C22H21N3O2. The van der Waals surface area contributed by atoms with Crippen molar-refractivity contribution < 1.29 is 9.59 Å². The number of fused-ring (bicyclic) bond motifs is 1. The molecule has 1 aliphatic rings. The summed E-state index contributed by atoms with van der Waals surface area (Å²) in [7, 11) is 0. The van der Waals surface area contributed by atoms with Gasteiger partial charge in [-0.15, -0.1) is 0 Å². The van der Waals surface area contributed by atoms with Crippen molar-refractivity contribution in [3.63, 3.8) is 0 Å². The van der Waals surface area contributed by atoms with E-state index in [9.17, 15) is 9.59 Å². The molecule has 0 spiro atoms. The number of amides is 2. The van der Waals surface area contributed by atoms with E-state index < -0.39 is 6.04 Å². The lowest BCUT2D eigenvalue weighted by Crippen LogP contribution is -2.43. The van der Waals surface area contributed by atoms with Crippen LogP contribution < -0.4 is 5.32 Å². The second kappa shape index (κ2) is 7.58. The van der Waals surface area contributed by atoms with Crippen LogP contribution in [0.1, 0.15) is 18.4 Å². The minimum atomic E-state index is -0.423. The van der Waals surface area contributed by atoms with E-state index in [1.807, 2.05) is 60.7 Å². The van der Waals surface area contributed by atoms with Gasteiger partial charge in [-0.3, -0.25) is 14.6 Å². The van der Waals surface area contributed by atoms with Crippen LogP contribution in [-0.2, 0) is 16.0 Å². The monoisotopic (exact) mass is 359 g/mol. The molecule has 0 bridgehead atoms. The third kappa shape index (κ3) is 3.82. The van der Waals surface area contributed by atoms with Crippen LogP contribution in [0.3, 0.4) is 0 Å². The number of para-hydroxylation sites is 1. The predicted octanol–water partition coefficient (Wildman–Crippen LogP) is 3.41. The maximum absolute atomic E-state index is 12.8. The Hall–Kier alpha value is -3.21. The molecule has 27 heavy (non-hydrogen) atoms. The zero-order valence-corrected chi connectivity index (χ0v) is 15.0. The molecule has 4 rings (SSSR count). The van der Waals surface area contributed by atoms with Crippen LogP contribution in [0.4, 0.5) is 5.69 Å². The van der Waals surface area contributed by atoms with E-state index >= 15 is 0 Å². The maximum atomic E-state index is 12.8. The molecule has 0 aliphatic carbocycles. The van der Waals surface area contributed by atoms with Gasteiger partial charge in [0.1, 0.15) is 6.04 Å². The van der Waals surface area contributed by atoms with Crippen molar-refractivity contribution in [3.05, 3.63) is 72.4 Å². The number of anilines is 1. The summed E-state index contributed by atoms with van der Waals surface area (Å²) < 4.78 is 0. The van der Waals surface area contributed by atoms with Crippen LogP contribution in [0.25, 0.3) is 10.9 Å². The molecule has 0 radical (unpaired) electrons. The maximum Gasteiger partial charge on any atom is 0.247 e. The molecule has 2 aromatic carbocycles. The van der Waals surface area contributed by atoms with Crippen molar-refractivity contribution >= 4 is 28.4 Å². The van der Waals surface area contributed by atoms with Crippen LogP contribution in [0.2, 0.25) is 0 Å². The molecule has 1 fully saturated rings. The lowest BCUT2D eigenvalue weighted by molar-refractivity contribution is -0.136. The van der Waals surface area contributed by atoms with E-state index in [1.54, 1.807) is 11.1 Å². The fourth-order valence-corrected chi connectivity index (χ4v) is 3.57. The standard InChI is InChI=1S/C22H21N3O2/c26-21(13-16-7-2-1-3-8-16)25-12-6-11-20(25)22(27)24-18-14-17-9-4-5-10-19(17)23-15-18/h1-5,7-10,14-15,20H,6,11-13H2,(H,24,27). The van der Waals surface area contributed by atoms with Crippen LogP contribution >= 0.6 is 0 Å². The number of rotatable bonds is 4. The lowest BCUT2D eigenvalue weighted by Gasteiger charge is -2.24. The summed E-state index contributed by atoms with van der Waals surface area (Å²) in [6.45, 7) is 0.625. The molecule has 1 N–H and O–H groups in total. The SMILES string of the molecule is O=C(Nc1cnc2ccccc2c1)C1CCCN1C(=O)Cc1ccccc1. The number of nitrogens with zero attached hydrogens (tertiary/aromatic N) is 2. The summed E-state index contributed by atoms with van der Waals surface area (Å²) >= 11 is 0. The summed E-state index contributed by atoms with van der Waals surface area (Å²) in [6.07, 6.45) is 3.51. The zero-order valence-electron chi connectivity index (χ0n) is 15.0. The van der Waals surface area contributed by atoms with E-state index in [0.717, 1.165) is 22.9 Å². The number of carbonyl (C=O) groups excluding carboxylic acids is 2. The Morgan fingerprint density at radius 1 is 1.07 bits per heavy atom. The first-order valence-electron chi connectivity index (χ1n) is 9.20. The van der Waals surface area contributed by atoms with Gasteiger partial charge in [-0.1, -0.05) is 48.5 Å². The number of benzene rings is 2. The van der Waals surface area contributed by atoms with Crippen molar-refractivity contribution in [1.82, 2.24) is 9.88 Å². The summed E-state index contributed by atoms with van der Waals surface area (Å²) in [5.74, 6) is -0.151. The van der Waals surface area contributed by atoms with E-state index in [4.69, 9.17) is 0 Å². The molecule has 0 saturated carbocycles. The number of aromatic nitrogens is 1. The van der Waals surface area contributed by atoms with Gasteiger partial charge in [0, 0.05) is 11.9 Å². The highest BCUT2D eigenvalue weighted by molar-refractivity contribution is 5.98. The predicted molar refractivity (Wildman–Crippen MR) is 105 cm³/mol. The highest BCUT2D eigenvalue weighted by Gasteiger charge is 2.33. The van der Waals surface area contributed by atoms with Gasteiger partial charge in [-0.2, -0.15) is 0 Å². The molecule has 1 saturated heterocycles. The van der Waals surface area contributed by atoms with Crippen molar-refractivity contribution in [2.75, 3.05) is 11.9 Å². The average Bonchev–Trinajstić information content (AvgIpc) is 3.19. The molecule has 1 aliphatic heterocycles. The number of nitrogens with one attached hydrogen (secondary N) is 1. The van der Waals surface area contributed by atoms with Gasteiger partial charge in [0.05, 0.1) is 23.8 Å². The quantitative estimate of drug-likeness (QED) is 0.776. The first-order valence-corrected chi connectivity index (χ1v) is 9.20. The first-order chi connectivity index (χ1) is 13.2. The van der Waals surface area contributed by atoms with E-state index in [2.05, 4.69) is 10.3 Å². The van der Waals surface area contributed by atoms with Crippen LogP contribution in [0.5, 0.6) is 0 Å². The third-order valence-electron chi connectivity index (χ3n) is 4.93. The Kier molecular flexibility index (Phi) is 4.83. The largest absolute Gasteiger partial charge is 0.330 e. The minimum absolute atomic E-state index is 0.00418. The number of hydrogen-bond acceptors (Lipinski definition) is 3. The zero-order chi connectivity index (χ0) is 18.6. The molecule has 5 nitrogen and oxygen atoms in total. The molecule has 1 atom stereocenters. The number of likely N-dealkylation sites (tertiary alicyclic amines) is 1. The highest BCUT2D eigenvalue weighted by Crippen LogP contribution is 2.22. The van der Waals surface area contributed by atoms with E-state index in [1.165, 1.54) is 0 Å². The molecular weight excluding hydrogens is 338 g/mol. The molecule has 1 unspecified atom stereocenters. The van der Waals surface area contributed by atoms with Crippen LogP contribution in [0, 0.1) is 0 Å². The van der Waals surface area contributed by atoms with Gasteiger partial charge in [0.15, 0.2) is 0 Å². The van der Waals surface area contributed by atoms with Gasteiger partial charge in [0.25, 0.3) is 0 Å². The Morgan fingerprint density at radius 2 is 1.85 bits per heavy atom. The van der Waals surface area contributed by atoms with Crippen LogP contribution in [-0.4, -0.2) is 34.3 Å². The molecule has 2 amide bonds. The Bertz CT molecular complexity index is 971. The van der Waals surface area contributed by atoms with E-state index in [-0.39, 0.29) is 11.8 Å². The Labute approximate surface area is 158 Å². The number of pyridine rings is 1. The fourth-order valence-electron chi connectivity index (χ4n) is 3.57. The van der Waals surface area contributed by atoms with Gasteiger partial charge in [0.2, 0.25) is 11.8 Å². The van der Waals surface area contributed by atoms with Gasteiger partial charge in [-0.05, 0) is 30.5 Å². The Balaban J connectivity index is 1.45. The molecule has 5 heteroatoms. The van der Waals surface area contributed by atoms with Crippen LogP contribution in [0.15, 0.2) is 66.9 Å². The summed E-state index contributed by atoms with van der Waals surface area (Å²) in [5.41, 5.74) is 2.50. The lowest BCUT2D eigenvalue weighted by atomic mass is 10.1. The van der Waals surface area contributed by atoms with Crippen molar-refractivity contribution in [1.29, 1.82) is 0 Å². The second-order valence-corrected chi connectivity index (χ2v) is 6.81. The summed E-state index contributed by atoms with van der Waals surface area (Å²) in [4.78, 5) is 31.6. The number of carbonyl (C=O) groups is 2. The normalized spacial score (nSPS) is 16.4. The van der Waals surface area contributed by atoms with Gasteiger partial charge >= 0.3 is 0 Å². The fraction of sp³-hybridized carbons (Fsp3) is 0.227. The number of hydrogen-bond donors (Lipinski definition) is 1. The first kappa shape index (κ1) is 17.2. The van der Waals surface area contributed by atoms with Crippen molar-refractivity contribution in [2.24, 2.45) is 0 Å². The topological polar surface area (TPSA) is 62.3 Å². The second-order valence-electron chi connectivity index (χ2n) is 6.81. The summed E-state index contributed by atoms with van der Waals surface area (Å²) in [5, 5.41) is 3.90. The minimum Gasteiger partial charge on any atom is -0.330 e. The summed E-state index contributed by atoms with van der Waals surface area (Å²) in [6, 6.07) is 18.9. The molecule has 3 aromatic rings. The molecule has 2 heterocycles. The van der Waals surface area contributed by atoms with E-state index in [0.29, 0.717) is 25.1 Å². The highest BCUT2D eigenvalue weighted by atomic mass is 16.2. The van der Waals surface area contributed by atoms with Crippen molar-refractivity contribution in [2.45, 2.75) is 25.3 Å².